The van der Waals surface area contributed by atoms with Crippen molar-refractivity contribution in [1.82, 2.24) is 10.6 Å². The second-order valence-electron chi connectivity index (χ2n) is 6.04. The van der Waals surface area contributed by atoms with Gasteiger partial charge in [0.2, 0.25) is 11.8 Å². The molecule has 0 unspecified atom stereocenters. The van der Waals surface area contributed by atoms with Gasteiger partial charge in [-0.05, 0) is 12.8 Å². The first-order chi connectivity index (χ1) is 9.06. The number of carbonyl (C=O) groups is 3. The lowest BCUT2D eigenvalue weighted by Gasteiger charge is -2.31. The van der Waals surface area contributed by atoms with Crippen molar-refractivity contribution in [3.63, 3.8) is 0 Å². The van der Waals surface area contributed by atoms with Crippen molar-refractivity contribution in [3.05, 3.63) is 0 Å². The van der Waals surface area contributed by atoms with Gasteiger partial charge in [0.05, 0.1) is 18.5 Å². The summed E-state index contributed by atoms with van der Waals surface area (Å²) >= 11 is 0. The van der Waals surface area contributed by atoms with E-state index >= 15 is 0 Å². The van der Waals surface area contributed by atoms with Crippen LogP contribution in [0, 0.1) is 5.41 Å². The van der Waals surface area contributed by atoms with Crippen LogP contribution in [-0.4, -0.2) is 35.0 Å². The van der Waals surface area contributed by atoms with Crippen molar-refractivity contribution in [2.24, 2.45) is 5.41 Å². The normalized spacial score (nSPS) is 11.8. The van der Waals surface area contributed by atoms with Crippen LogP contribution in [-0.2, 0) is 14.4 Å². The van der Waals surface area contributed by atoms with Gasteiger partial charge in [0.25, 0.3) is 0 Å². The van der Waals surface area contributed by atoms with Crippen LogP contribution >= 0.6 is 0 Å². The van der Waals surface area contributed by atoms with Crippen LogP contribution in [0.15, 0.2) is 0 Å². The summed E-state index contributed by atoms with van der Waals surface area (Å²) in [6.07, 6.45) is 0.919. The van der Waals surface area contributed by atoms with Crippen LogP contribution in [0.2, 0.25) is 0 Å². The second kappa shape index (κ2) is 7.26. The molecule has 0 aliphatic rings. The van der Waals surface area contributed by atoms with Crippen LogP contribution in [0.5, 0.6) is 0 Å². The van der Waals surface area contributed by atoms with Crippen LogP contribution in [0.1, 0.15) is 53.9 Å². The molecule has 116 valence electrons. The van der Waals surface area contributed by atoms with Gasteiger partial charge in [-0.25, -0.2) is 0 Å². The minimum absolute atomic E-state index is 0.126. The number of aliphatic carboxylic acids is 1. The first-order valence-electron chi connectivity index (χ1n) is 6.87. The lowest BCUT2D eigenvalue weighted by atomic mass is 9.89. The van der Waals surface area contributed by atoms with E-state index in [1.807, 2.05) is 13.8 Å². The standard InChI is InChI=1S/C14H26N2O4/c1-6-14(7-2,8-11(18)19)16-10(17)9-15-12(20)13(3,4)5/h6-9H2,1-5H3,(H,15,20)(H,16,17)(H,18,19). The lowest BCUT2D eigenvalue weighted by Crippen LogP contribution is -2.52. The molecular weight excluding hydrogens is 260 g/mol. The fourth-order valence-corrected chi connectivity index (χ4v) is 1.78. The van der Waals surface area contributed by atoms with E-state index in [0.717, 1.165) is 0 Å². The fraction of sp³-hybridized carbons (Fsp3) is 0.786. The molecule has 0 aromatic carbocycles. The van der Waals surface area contributed by atoms with Crippen molar-refractivity contribution in [2.75, 3.05) is 6.54 Å². The summed E-state index contributed by atoms with van der Waals surface area (Å²) in [4.78, 5) is 34.4. The number of amides is 2. The molecule has 0 heterocycles. The smallest absolute Gasteiger partial charge is 0.305 e. The second-order valence-corrected chi connectivity index (χ2v) is 6.04. The van der Waals surface area contributed by atoms with E-state index in [4.69, 9.17) is 5.11 Å². The van der Waals surface area contributed by atoms with Crippen LogP contribution < -0.4 is 10.6 Å². The first kappa shape index (κ1) is 18.4. The van der Waals surface area contributed by atoms with E-state index < -0.39 is 16.9 Å². The van der Waals surface area contributed by atoms with Gasteiger partial charge in [0.1, 0.15) is 0 Å². The maximum absolute atomic E-state index is 11.9. The summed E-state index contributed by atoms with van der Waals surface area (Å²) in [5.41, 5.74) is -1.32. The summed E-state index contributed by atoms with van der Waals surface area (Å²) in [5.74, 6) is -1.54. The van der Waals surface area contributed by atoms with Crippen LogP contribution in [0.25, 0.3) is 0 Å². The third-order valence-corrected chi connectivity index (χ3v) is 3.34. The molecule has 6 nitrogen and oxygen atoms in total. The van der Waals surface area contributed by atoms with Crippen molar-refractivity contribution in [2.45, 2.75) is 59.4 Å². The molecule has 6 heteroatoms. The number of nitrogens with one attached hydrogen (secondary N) is 2. The van der Waals surface area contributed by atoms with E-state index in [1.54, 1.807) is 20.8 Å². The number of carboxylic acid groups (broad SMARTS) is 1. The zero-order chi connectivity index (χ0) is 16.0. The van der Waals surface area contributed by atoms with E-state index in [-0.39, 0.29) is 24.8 Å². The van der Waals surface area contributed by atoms with Gasteiger partial charge in [0, 0.05) is 5.41 Å². The largest absolute Gasteiger partial charge is 0.481 e. The van der Waals surface area contributed by atoms with Crippen molar-refractivity contribution >= 4 is 17.8 Å². The van der Waals surface area contributed by atoms with E-state index in [9.17, 15) is 14.4 Å². The zero-order valence-electron chi connectivity index (χ0n) is 13.0. The number of rotatable bonds is 7. The predicted octanol–water partition coefficient (Wildman–Crippen LogP) is 1.30. The molecular formula is C14H26N2O4. The lowest BCUT2D eigenvalue weighted by molar-refractivity contribution is -0.139. The van der Waals surface area contributed by atoms with E-state index in [0.29, 0.717) is 12.8 Å². The highest BCUT2D eigenvalue weighted by Crippen LogP contribution is 2.19. The highest BCUT2D eigenvalue weighted by molar-refractivity contribution is 5.87. The Labute approximate surface area is 120 Å². The molecule has 0 aromatic rings. The predicted molar refractivity (Wildman–Crippen MR) is 76.2 cm³/mol. The summed E-state index contributed by atoms with van der Waals surface area (Å²) in [5, 5.41) is 14.2. The first-order valence-corrected chi connectivity index (χ1v) is 6.87. The van der Waals surface area contributed by atoms with Crippen molar-refractivity contribution in [3.8, 4) is 0 Å². The maximum Gasteiger partial charge on any atom is 0.305 e. The summed E-state index contributed by atoms with van der Waals surface area (Å²) in [7, 11) is 0. The summed E-state index contributed by atoms with van der Waals surface area (Å²) in [6.45, 7) is 8.80. The average molecular weight is 286 g/mol. The third-order valence-electron chi connectivity index (χ3n) is 3.34. The fourth-order valence-electron chi connectivity index (χ4n) is 1.78. The molecule has 0 radical (unpaired) electrons. The molecule has 0 saturated carbocycles. The van der Waals surface area contributed by atoms with Gasteiger partial charge in [0.15, 0.2) is 0 Å². The Kier molecular flexibility index (Phi) is 6.68. The van der Waals surface area contributed by atoms with E-state index in [2.05, 4.69) is 10.6 Å². The molecule has 2 amide bonds. The number of carbonyl (C=O) groups excluding carboxylic acids is 2. The highest BCUT2D eigenvalue weighted by Gasteiger charge is 2.31. The molecule has 0 fully saturated rings. The van der Waals surface area contributed by atoms with Gasteiger partial charge in [-0.3, -0.25) is 14.4 Å². The molecule has 3 N–H and O–H groups in total. The Hall–Kier alpha value is -1.59. The van der Waals surface area contributed by atoms with Gasteiger partial charge in [-0.1, -0.05) is 34.6 Å². The minimum Gasteiger partial charge on any atom is -0.481 e. The molecule has 0 atom stereocenters. The summed E-state index contributed by atoms with van der Waals surface area (Å²) < 4.78 is 0. The number of carboxylic acids is 1. The SMILES string of the molecule is CCC(CC)(CC(=O)O)NC(=O)CNC(=O)C(C)(C)C. The maximum atomic E-state index is 11.9. The highest BCUT2D eigenvalue weighted by atomic mass is 16.4. The van der Waals surface area contributed by atoms with Crippen molar-refractivity contribution < 1.29 is 19.5 Å². The molecule has 0 spiro atoms. The Bertz CT molecular complexity index is 368. The van der Waals surface area contributed by atoms with Crippen LogP contribution in [0.4, 0.5) is 0 Å². The monoisotopic (exact) mass is 286 g/mol. The van der Waals surface area contributed by atoms with Gasteiger partial charge < -0.3 is 15.7 Å². The van der Waals surface area contributed by atoms with Gasteiger partial charge >= 0.3 is 5.97 Å². The minimum atomic E-state index is -0.951. The Balaban J connectivity index is 4.56. The number of hydrogen-bond donors (Lipinski definition) is 3. The summed E-state index contributed by atoms with van der Waals surface area (Å²) in [6, 6.07) is 0. The number of hydrogen-bond acceptors (Lipinski definition) is 3. The average Bonchev–Trinajstić information content (AvgIpc) is 2.33. The van der Waals surface area contributed by atoms with Crippen molar-refractivity contribution in [1.29, 1.82) is 0 Å². The topological polar surface area (TPSA) is 95.5 Å². The molecule has 0 aliphatic heterocycles. The molecule has 0 aromatic heterocycles. The van der Waals surface area contributed by atoms with E-state index in [1.165, 1.54) is 0 Å². The molecule has 20 heavy (non-hydrogen) atoms. The molecule has 0 saturated heterocycles. The van der Waals surface area contributed by atoms with Gasteiger partial charge in [-0.2, -0.15) is 0 Å². The molecule has 0 aliphatic carbocycles. The van der Waals surface area contributed by atoms with Gasteiger partial charge in [-0.15, -0.1) is 0 Å². The van der Waals surface area contributed by atoms with Crippen LogP contribution in [0.3, 0.4) is 0 Å². The Morgan fingerprint density at radius 3 is 1.90 bits per heavy atom. The Morgan fingerprint density at radius 1 is 1.05 bits per heavy atom. The zero-order valence-corrected chi connectivity index (χ0v) is 13.0. The third kappa shape index (κ3) is 6.04. The quantitative estimate of drug-likeness (QED) is 0.657. The molecule has 0 rings (SSSR count). The molecule has 0 bridgehead atoms. The Morgan fingerprint density at radius 2 is 1.55 bits per heavy atom.